The van der Waals surface area contributed by atoms with Gasteiger partial charge >= 0.3 is 12.3 Å². The lowest BCUT2D eigenvalue weighted by molar-refractivity contribution is -0.137. The fourth-order valence-electron chi connectivity index (χ4n) is 4.87. The van der Waals surface area contributed by atoms with Crippen LogP contribution in [0.1, 0.15) is 61.3 Å². The number of ether oxygens (including phenoxy) is 3. The van der Waals surface area contributed by atoms with Crippen LogP contribution in [0.2, 0.25) is 0 Å². The second-order valence-corrected chi connectivity index (χ2v) is 10.1. The molecule has 214 valence electrons. The molecule has 2 heterocycles. The smallest absolute Gasteiger partial charge is 0.416 e. The molecule has 4 rings (SSSR count). The first-order chi connectivity index (χ1) is 19.1. The molecule has 0 fully saturated rings. The van der Waals surface area contributed by atoms with Crippen molar-refractivity contribution in [1.82, 2.24) is 15.3 Å². The van der Waals surface area contributed by atoms with Crippen LogP contribution < -0.4 is 19.7 Å². The van der Waals surface area contributed by atoms with E-state index in [0.29, 0.717) is 51.5 Å². The number of alkyl halides is 3. The molecule has 0 saturated heterocycles. The number of fused-ring (bicyclic) bond motifs is 1. The van der Waals surface area contributed by atoms with E-state index in [1.807, 2.05) is 6.92 Å². The van der Waals surface area contributed by atoms with E-state index in [1.165, 1.54) is 25.2 Å². The lowest BCUT2D eigenvalue weighted by Crippen LogP contribution is -2.47. The van der Waals surface area contributed by atoms with Gasteiger partial charge in [0.25, 0.3) is 0 Å². The standard InChI is InChI=1S/C28H30BrF3N4O4/c1-5-19-12-23(22-11-17(28(30,31)32)7-8-24(22)36(19)27(37)40-6-2)35-25(26-33-14-18(29)15-34-26)16-9-20(38-3)13-21(10-16)39-4/h7-11,13-15,19,23,25,35H,5-6,12H2,1-4H3/t19-,23+,25?/m1/s1. The molecule has 1 aromatic heterocycles. The Balaban J connectivity index is 1.86. The molecule has 3 aromatic rings. The van der Waals surface area contributed by atoms with Crippen molar-refractivity contribution < 1.29 is 32.2 Å². The number of amides is 1. The minimum atomic E-state index is -4.57. The molecule has 2 aromatic carbocycles. The van der Waals surface area contributed by atoms with Gasteiger partial charge in [0.15, 0.2) is 0 Å². The number of hydrogen-bond donors (Lipinski definition) is 1. The van der Waals surface area contributed by atoms with E-state index in [4.69, 9.17) is 14.2 Å². The Morgan fingerprint density at radius 1 is 1.10 bits per heavy atom. The predicted molar refractivity (Wildman–Crippen MR) is 147 cm³/mol. The zero-order chi connectivity index (χ0) is 29.0. The number of hydrogen-bond acceptors (Lipinski definition) is 7. The molecule has 1 aliphatic rings. The fraction of sp³-hybridized carbons (Fsp3) is 0.393. The molecule has 12 heteroatoms. The van der Waals surface area contributed by atoms with Crippen molar-refractivity contribution in [2.75, 3.05) is 25.7 Å². The third kappa shape index (κ3) is 6.33. The Morgan fingerprint density at radius 2 is 1.75 bits per heavy atom. The number of halogens is 4. The van der Waals surface area contributed by atoms with E-state index in [0.717, 1.165) is 12.1 Å². The Hall–Kier alpha value is -3.38. The highest BCUT2D eigenvalue weighted by Crippen LogP contribution is 2.43. The largest absolute Gasteiger partial charge is 0.497 e. The number of carbonyl (C=O) groups is 1. The average molecular weight is 623 g/mol. The summed E-state index contributed by atoms with van der Waals surface area (Å²) in [5.41, 5.74) is 0.564. The van der Waals surface area contributed by atoms with Crippen molar-refractivity contribution in [3.63, 3.8) is 0 Å². The van der Waals surface area contributed by atoms with Gasteiger partial charge in [0, 0.05) is 30.5 Å². The van der Waals surface area contributed by atoms with Gasteiger partial charge in [0.1, 0.15) is 17.3 Å². The molecule has 1 amide bonds. The van der Waals surface area contributed by atoms with Crippen molar-refractivity contribution in [3.8, 4) is 11.5 Å². The molecular weight excluding hydrogens is 593 g/mol. The number of rotatable bonds is 8. The number of nitrogens with one attached hydrogen (secondary N) is 1. The first-order valence-electron chi connectivity index (χ1n) is 12.7. The van der Waals surface area contributed by atoms with Crippen LogP contribution in [0.4, 0.5) is 23.7 Å². The van der Waals surface area contributed by atoms with Gasteiger partial charge in [-0.2, -0.15) is 13.2 Å². The lowest BCUT2D eigenvalue weighted by atomic mass is 9.87. The van der Waals surface area contributed by atoms with Crippen LogP contribution in [0.5, 0.6) is 11.5 Å². The van der Waals surface area contributed by atoms with E-state index in [2.05, 4.69) is 31.2 Å². The van der Waals surface area contributed by atoms with Crippen LogP contribution in [0.15, 0.2) is 53.3 Å². The SMILES string of the molecule is CCOC(=O)N1c2ccc(C(F)(F)F)cc2[C@@H](NC(c2cc(OC)cc(OC)c2)c2ncc(Br)cn2)C[C@H]1CC. The van der Waals surface area contributed by atoms with Gasteiger partial charge in [-0.1, -0.05) is 6.92 Å². The normalized spacial score (nSPS) is 17.6. The number of anilines is 1. The summed E-state index contributed by atoms with van der Waals surface area (Å²) in [7, 11) is 3.06. The topological polar surface area (TPSA) is 85.8 Å². The van der Waals surface area contributed by atoms with E-state index in [-0.39, 0.29) is 12.6 Å². The zero-order valence-electron chi connectivity index (χ0n) is 22.5. The average Bonchev–Trinajstić information content (AvgIpc) is 2.94. The number of carbonyl (C=O) groups excluding carboxylic acids is 1. The Labute approximate surface area is 239 Å². The third-order valence-electron chi connectivity index (χ3n) is 6.77. The summed E-state index contributed by atoms with van der Waals surface area (Å²) in [4.78, 5) is 23.4. The quantitative estimate of drug-likeness (QED) is 0.294. The van der Waals surface area contributed by atoms with Crippen molar-refractivity contribution in [1.29, 1.82) is 0 Å². The fourth-order valence-corrected chi connectivity index (χ4v) is 5.07. The van der Waals surface area contributed by atoms with Gasteiger partial charge in [-0.25, -0.2) is 14.8 Å². The van der Waals surface area contributed by atoms with Crippen molar-refractivity contribution in [2.24, 2.45) is 0 Å². The maximum atomic E-state index is 13.8. The summed E-state index contributed by atoms with van der Waals surface area (Å²) in [6.07, 6.45) is -1.07. The summed E-state index contributed by atoms with van der Waals surface area (Å²) < 4.78 is 58.3. The Bertz CT molecular complexity index is 1320. The van der Waals surface area contributed by atoms with E-state index < -0.39 is 29.9 Å². The highest BCUT2D eigenvalue weighted by Gasteiger charge is 2.40. The van der Waals surface area contributed by atoms with E-state index in [9.17, 15) is 18.0 Å². The molecule has 1 aliphatic heterocycles. The van der Waals surface area contributed by atoms with Crippen LogP contribution in [0.25, 0.3) is 0 Å². The lowest BCUT2D eigenvalue weighted by Gasteiger charge is -2.41. The van der Waals surface area contributed by atoms with Gasteiger partial charge < -0.3 is 14.2 Å². The highest BCUT2D eigenvalue weighted by molar-refractivity contribution is 9.10. The number of methoxy groups -OCH3 is 2. The minimum Gasteiger partial charge on any atom is -0.497 e. The summed E-state index contributed by atoms with van der Waals surface area (Å²) in [5.74, 6) is 1.45. The van der Waals surface area contributed by atoms with Gasteiger partial charge in [-0.3, -0.25) is 10.2 Å². The molecule has 0 saturated carbocycles. The zero-order valence-corrected chi connectivity index (χ0v) is 24.0. The van der Waals surface area contributed by atoms with Gasteiger partial charge in [-0.15, -0.1) is 0 Å². The van der Waals surface area contributed by atoms with E-state index in [1.54, 1.807) is 37.5 Å². The monoisotopic (exact) mass is 622 g/mol. The molecule has 1 unspecified atom stereocenters. The molecule has 0 spiro atoms. The van der Waals surface area contributed by atoms with Crippen molar-refractivity contribution in [3.05, 3.63) is 75.8 Å². The van der Waals surface area contributed by atoms with Crippen LogP contribution in [0, 0.1) is 0 Å². The maximum Gasteiger partial charge on any atom is 0.416 e. The summed E-state index contributed by atoms with van der Waals surface area (Å²) in [5, 5.41) is 3.50. The summed E-state index contributed by atoms with van der Waals surface area (Å²) in [6, 6.07) is 7.15. The van der Waals surface area contributed by atoms with E-state index >= 15 is 0 Å². The predicted octanol–water partition coefficient (Wildman–Crippen LogP) is 6.84. The van der Waals surface area contributed by atoms with Gasteiger partial charge in [0.2, 0.25) is 0 Å². The Kier molecular flexibility index (Phi) is 9.19. The number of nitrogens with zero attached hydrogens (tertiary/aromatic N) is 3. The molecule has 0 radical (unpaired) electrons. The number of aromatic nitrogens is 2. The second-order valence-electron chi connectivity index (χ2n) is 9.20. The van der Waals surface area contributed by atoms with Gasteiger partial charge in [0.05, 0.1) is 42.6 Å². The number of benzene rings is 2. The summed E-state index contributed by atoms with van der Waals surface area (Å²) >= 11 is 3.35. The third-order valence-corrected chi connectivity index (χ3v) is 7.18. The minimum absolute atomic E-state index is 0.143. The second kappa shape index (κ2) is 12.4. The molecule has 1 N–H and O–H groups in total. The Morgan fingerprint density at radius 3 is 2.30 bits per heavy atom. The summed E-state index contributed by atoms with van der Waals surface area (Å²) in [6.45, 7) is 3.75. The van der Waals surface area contributed by atoms with Gasteiger partial charge in [-0.05, 0) is 77.2 Å². The molecular formula is C28H30BrF3N4O4. The van der Waals surface area contributed by atoms with Crippen LogP contribution in [-0.2, 0) is 10.9 Å². The molecule has 3 atom stereocenters. The van der Waals surface area contributed by atoms with Crippen LogP contribution in [0.3, 0.4) is 0 Å². The molecule has 40 heavy (non-hydrogen) atoms. The molecule has 0 aliphatic carbocycles. The van der Waals surface area contributed by atoms with Crippen molar-refractivity contribution >= 4 is 27.7 Å². The van der Waals surface area contributed by atoms with Crippen LogP contribution in [-0.4, -0.2) is 42.9 Å². The molecule has 0 bridgehead atoms. The first-order valence-corrected chi connectivity index (χ1v) is 13.5. The van der Waals surface area contributed by atoms with Crippen molar-refractivity contribution in [2.45, 2.75) is 51.0 Å². The maximum absolute atomic E-state index is 13.8. The van der Waals surface area contributed by atoms with Crippen LogP contribution >= 0.6 is 15.9 Å². The highest BCUT2D eigenvalue weighted by atomic mass is 79.9. The molecule has 8 nitrogen and oxygen atoms in total. The first kappa shape index (κ1) is 29.6.